The van der Waals surface area contributed by atoms with E-state index in [-0.39, 0.29) is 5.91 Å². The Morgan fingerprint density at radius 2 is 2.15 bits per heavy atom. The molecule has 1 aliphatic rings. The molecule has 0 radical (unpaired) electrons. The number of carbonyl (C=O) groups is 1. The number of amides is 1. The van der Waals surface area contributed by atoms with Crippen LogP contribution in [-0.2, 0) is 11.3 Å². The lowest BCUT2D eigenvalue weighted by Crippen LogP contribution is -2.29. The highest BCUT2D eigenvalue weighted by molar-refractivity contribution is 5.82. The van der Waals surface area contributed by atoms with Gasteiger partial charge in [-0.1, -0.05) is 18.2 Å². The summed E-state index contributed by atoms with van der Waals surface area (Å²) in [5.74, 6) is 1.09. The van der Waals surface area contributed by atoms with Crippen molar-refractivity contribution in [1.29, 1.82) is 0 Å². The Kier molecular flexibility index (Phi) is 3.74. The average Bonchev–Trinajstić information content (AvgIpc) is 3.18. The number of hydrogen-bond acceptors (Lipinski definition) is 3. The number of carbonyl (C=O) groups excluding carboxylic acids is 1. The standard InChI is InChI=1S/C16H20N2O2/c1-11-14(13-4-2-3-5-15(13)20-11)10-17-9-8-16(19)18-12-6-7-12/h2-5,12,17H,6-10H2,1H3,(H,18,19). The van der Waals surface area contributed by atoms with E-state index in [1.165, 1.54) is 5.56 Å². The molecule has 0 saturated heterocycles. The molecule has 0 atom stereocenters. The van der Waals surface area contributed by atoms with Crippen molar-refractivity contribution in [2.24, 2.45) is 0 Å². The fourth-order valence-electron chi connectivity index (χ4n) is 2.38. The summed E-state index contributed by atoms with van der Waals surface area (Å²) in [7, 11) is 0. The number of para-hydroxylation sites is 1. The second-order valence-electron chi connectivity index (χ2n) is 5.40. The molecule has 1 aromatic carbocycles. The number of aryl methyl sites for hydroxylation is 1. The second-order valence-corrected chi connectivity index (χ2v) is 5.40. The van der Waals surface area contributed by atoms with Crippen LogP contribution >= 0.6 is 0 Å². The van der Waals surface area contributed by atoms with Gasteiger partial charge in [0.2, 0.25) is 5.91 Å². The van der Waals surface area contributed by atoms with Crippen LogP contribution in [0.2, 0.25) is 0 Å². The quantitative estimate of drug-likeness (QED) is 0.794. The third kappa shape index (κ3) is 3.02. The summed E-state index contributed by atoms with van der Waals surface area (Å²) in [5.41, 5.74) is 2.11. The number of nitrogens with one attached hydrogen (secondary N) is 2. The van der Waals surface area contributed by atoms with Crippen LogP contribution in [0.3, 0.4) is 0 Å². The average molecular weight is 272 g/mol. The van der Waals surface area contributed by atoms with Gasteiger partial charge >= 0.3 is 0 Å². The van der Waals surface area contributed by atoms with Crippen molar-refractivity contribution in [3.63, 3.8) is 0 Å². The monoisotopic (exact) mass is 272 g/mol. The SMILES string of the molecule is Cc1oc2ccccc2c1CNCCC(=O)NC1CC1. The summed E-state index contributed by atoms with van der Waals surface area (Å²) in [5, 5.41) is 7.47. The van der Waals surface area contributed by atoms with Crippen molar-refractivity contribution in [1.82, 2.24) is 10.6 Å². The molecule has 0 bridgehead atoms. The van der Waals surface area contributed by atoms with Gasteiger partial charge < -0.3 is 15.1 Å². The zero-order valence-electron chi connectivity index (χ0n) is 11.7. The molecule has 1 fully saturated rings. The van der Waals surface area contributed by atoms with Crippen LogP contribution in [0, 0.1) is 6.92 Å². The number of furan rings is 1. The predicted molar refractivity (Wildman–Crippen MR) is 78.4 cm³/mol. The Morgan fingerprint density at radius 3 is 2.95 bits per heavy atom. The first-order valence-corrected chi connectivity index (χ1v) is 7.21. The molecule has 1 amide bonds. The lowest BCUT2D eigenvalue weighted by molar-refractivity contribution is -0.121. The molecule has 2 N–H and O–H groups in total. The van der Waals surface area contributed by atoms with Gasteiger partial charge in [-0.2, -0.15) is 0 Å². The predicted octanol–water partition coefficient (Wildman–Crippen LogP) is 2.50. The highest BCUT2D eigenvalue weighted by Gasteiger charge is 2.22. The number of benzene rings is 1. The summed E-state index contributed by atoms with van der Waals surface area (Å²) in [6.07, 6.45) is 2.81. The third-order valence-corrected chi connectivity index (χ3v) is 3.67. The summed E-state index contributed by atoms with van der Waals surface area (Å²) in [6.45, 7) is 3.41. The summed E-state index contributed by atoms with van der Waals surface area (Å²) in [4.78, 5) is 11.6. The molecule has 1 heterocycles. The molecular formula is C16H20N2O2. The van der Waals surface area contributed by atoms with Gasteiger partial charge in [-0.15, -0.1) is 0 Å². The van der Waals surface area contributed by atoms with Gasteiger partial charge in [-0.3, -0.25) is 4.79 Å². The van der Waals surface area contributed by atoms with E-state index in [1.54, 1.807) is 0 Å². The fraction of sp³-hybridized carbons (Fsp3) is 0.438. The van der Waals surface area contributed by atoms with Gasteiger partial charge in [0.25, 0.3) is 0 Å². The van der Waals surface area contributed by atoms with Crippen molar-refractivity contribution < 1.29 is 9.21 Å². The minimum Gasteiger partial charge on any atom is -0.461 e. The van der Waals surface area contributed by atoms with Crippen LogP contribution in [-0.4, -0.2) is 18.5 Å². The summed E-state index contributed by atoms with van der Waals surface area (Å²) in [6, 6.07) is 8.49. The van der Waals surface area contributed by atoms with Crippen molar-refractivity contribution in [2.75, 3.05) is 6.54 Å². The van der Waals surface area contributed by atoms with Gasteiger partial charge in [0, 0.05) is 36.5 Å². The van der Waals surface area contributed by atoms with E-state index < -0.39 is 0 Å². The molecule has 0 spiro atoms. The number of rotatable bonds is 6. The Hall–Kier alpha value is -1.81. The molecule has 4 nitrogen and oxygen atoms in total. The largest absolute Gasteiger partial charge is 0.461 e. The molecule has 2 aromatic rings. The maximum atomic E-state index is 11.6. The van der Waals surface area contributed by atoms with Gasteiger partial charge in [0.15, 0.2) is 0 Å². The fourth-order valence-corrected chi connectivity index (χ4v) is 2.38. The lowest BCUT2D eigenvalue weighted by atomic mass is 10.1. The minimum atomic E-state index is 0.147. The van der Waals surface area contributed by atoms with Crippen LogP contribution in [0.4, 0.5) is 0 Å². The third-order valence-electron chi connectivity index (χ3n) is 3.67. The molecule has 1 saturated carbocycles. The number of hydrogen-bond donors (Lipinski definition) is 2. The molecule has 0 unspecified atom stereocenters. The highest BCUT2D eigenvalue weighted by atomic mass is 16.3. The van der Waals surface area contributed by atoms with Crippen LogP contribution in [0.15, 0.2) is 28.7 Å². The molecule has 1 aliphatic carbocycles. The normalized spacial score (nSPS) is 14.7. The van der Waals surface area contributed by atoms with E-state index in [1.807, 2.05) is 25.1 Å². The first kappa shape index (κ1) is 13.2. The van der Waals surface area contributed by atoms with Crippen molar-refractivity contribution in [2.45, 2.75) is 38.8 Å². The highest BCUT2D eigenvalue weighted by Crippen LogP contribution is 2.24. The molecule has 0 aliphatic heterocycles. The summed E-state index contributed by atoms with van der Waals surface area (Å²) < 4.78 is 5.72. The van der Waals surface area contributed by atoms with Crippen molar-refractivity contribution >= 4 is 16.9 Å². The van der Waals surface area contributed by atoms with E-state index in [0.29, 0.717) is 19.0 Å². The van der Waals surface area contributed by atoms with Crippen molar-refractivity contribution in [3.8, 4) is 0 Å². The van der Waals surface area contributed by atoms with Gasteiger partial charge in [-0.05, 0) is 25.8 Å². The zero-order valence-corrected chi connectivity index (χ0v) is 11.7. The van der Waals surface area contributed by atoms with Gasteiger partial charge in [-0.25, -0.2) is 0 Å². The van der Waals surface area contributed by atoms with Crippen LogP contribution in [0.25, 0.3) is 11.0 Å². The van der Waals surface area contributed by atoms with E-state index in [0.717, 1.165) is 36.1 Å². The van der Waals surface area contributed by atoms with E-state index in [9.17, 15) is 4.79 Å². The zero-order chi connectivity index (χ0) is 13.9. The van der Waals surface area contributed by atoms with Gasteiger partial charge in [0.05, 0.1) is 0 Å². The first-order valence-electron chi connectivity index (χ1n) is 7.21. The molecule has 20 heavy (non-hydrogen) atoms. The van der Waals surface area contributed by atoms with Crippen LogP contribution in [0.5, 0.6) is 0 Å². The number of fused-ring (bicyclic) bond motifs is 1. The molecular weight excluding hydrogens is 252 g/mol. The van der Waals surface area contributed by atoms with Crippen LogP contribution in [0.1, 0.15) is 30.6 Å². The lowest BCUT2D eigenvalue weighted by Gasteiger charge is -2.05. The van der Waals surface area contributed by atoms with Crippen LogP contribution < -0.4 is 10.6 Å². The molecule has 4 heteroatoms. The molecule has 3 rings (SSSR count). The Bertz CT molecular complexity index is 614. The summed E-state index contributed by atoms with van der Waals surface area (Å²) >= 11 is 0. The smallest absolute Gasteiger partial charge is 0.221 e. The maximum Gasteiger partial charge on any atom is 0.221 e. The Labute approximate surface area is 118 Å². The minimum absolute atomic E-state index is 0.147. The van der Waals surface area contributed by atoms with E-state index >= 15 is 0 Å². The Balaban J connectivity index is 1.51. The Morgan fingerprint density at radius 1 is 1.35 bits per heavy atom. The second kappa shape index (κ2) is 5.67. The maximum absolute atomic E-state index is 11.6. The molecule has 1 aromatic heterocycles. The van der Waals surface area contributed by atoms with Gasteiger partial charge in [0.1, 0.15) is 11.3 Å². The van der Waals surface area contributed by atoms with E-state index in [4.69, 9.17) is 4.42 Å². The first-order chi connectivity index (χ1) is 9.74. The van der Waals surface area contributed by atoms with Crippen molar-refractivity contribution in [3.05, 3.63) is 35.6 Å². The molecule has 106 valence electrons. The van der Waals surface area contributed by atoms with E-state index in [2.05, 4.69) is 16.7 Å². The topological polar surface area (TPSA) is 54.3 Å².